The van der Waals surface area contributed by atoms with E-state index in [0.717, 1.165) is 0 Å². The summed E-state index contributed by atoms with van der Waals surface area (Å²) in [5, 5.41) is 0. The van der Waals surface area contributed by atoms with Gasteiger partial charge in [-0.2, -0.15) is 0 Å². The first-order chi connectivity index (χ1) is 6.93. The molecule has 15 heavy (non-hydrogen) atoms. The quantitative estimate of drug-likeness (QED) is 0.251. The molecule has 0 spiro atoms. The second-order valence-electron chi connectivity index (χ2n) is 3.38. The molecular formula is C12H7ClI2+2. The maximum Gasteiger partial charge on any atom is 0.359 e. The van der Waals surface area contributed by atoms with Gasteiger partial charge < -0.3 is 0 Å². The summed E-state index contributed by atoms with van der Waals surface area (Å²) in [5.41, 5.74) is 3.30. The molecule has 0 fully saturated rings. The van der Waals surface area contributed by atoms with Crippen LogP contribution in [0.5, 0.6) is 0 Å². The molecular weight excluding hydrogens is 433 g/mol. The van der Waals surface area contributed by atoms with Crippen LogP contribution in [0.1, 0.15) is 0 Å². The predicted molar refractivity (Wildman–Crippen MR) is 53.9 cm³/mol. The van der Waals surface area contributed by atoms with Crippen molar-refractivity contribution in [2.45, 2.75) is 0 Å². The van der Waals surface area contributed by atoms with E-state index < -0.39 is 0 Å². The van der Waals surface area contributed by atoms with Gasteiger partial charge in [-0.1, -0.05) is 12.1 Å². The highest BCUT2D eigenvalue weighted by molar-refractivity contribution is 5.85. The van der Waals surface area contributed by atoms with E-state index in [-0.39, 0.29) is 54.8 Å². The molecule has 0 atom stereocenters. The van der Waals surface area contributed by atoms with E-state index in [1.165, 1.54) is 0 Å². The molecule has 0 aromatic heterocycles. The van der Waals surface area contributed by atoms with Gasteiger partial charge in [-0.25, -0.2) is 0 Å². The molecule has 0 saturated carbocycles. The van der Waals surface area contributed by atoms with E-state index in [1.807, 2.05) is 0 Å². The SMILES string of the molecule is Cl.c1cc2c3c(c1)[I+]c1cccc(c1-3)[I+]2. The van der Waals surface area contributed by atoms with Crippen LogP contribution in [0.2, 0.25) is 0 Å². The second kappa shape index (κ2) is 3.60. The average molecular weight is 440 g/mol. The minimum Gasteiger partial charge on any atom is -0.147 e. The van der Waals surface area contributed by atoms with E-state index in [4.69, 9.17) is 0 Å². The third-order valence-electron chi connectivity index (χ3n) is 2.58. The fourth-order valence-electron chi connectivity index (χ4n) is 2.01. The summed E-state index contributed by atoms with van der Waals surface area (Å²) in [6.07, 6.45) is 0. The summed E-state index contributed by atoms with van der Waals surface area (Å²) in [4.78, 5) is 0. The molecule has 0 bridgehead atoms. The first-order valence-electron chi connectivity index (χ1n) is 4.49. The Labute approximate surface area is 115 Å². The van der Waals surface area contributed by atoms with Gasteiger partial charge in [0.25, 0.3) is 0 Å². The Hall–Kier alpha value is 0.190. The summed E-state index contributed by atoms with van der Waals surface area (Å²) >= 11 is 0.289. The van der Waals surface area contributed by atoms with Crippen molar-refractivity contribution in [1.82, 2.24) is 0 Å². The van der Waals surface area contributed by atoms with E-state index >= 15 is 0 Å². The number of hydrogen-bond donors (Lipinski definition) is 0. The molecule has 0 radical (unpaired) electrons. The van der Waals surface area contributed by atoms with Crippen LogP contribution < -0.4 is 42.4 Å². The largest absolute Gasteiger partial charge is 0.359 e. The van der Waals surface area contributed by atoms with E-state index in [0.29, 0.717) is 0 Å². The first kappa shape index (κ1) is 10.4. The Morgan fingerprint density at radius 2 is 0.933 bits per heavy atom. The minimum absolute atomic E-state index is 0. The van der Waals surface area contributed by atoms with Crippen LogP contribution in [-0.4, -0.2) is 0 Å². The molecule has 0 saturated heterocycles. The summed E-state index contributed by atoms with van der Waals surface area (Å²) in [6.45, 7) is 0. The number of benzene rings is 2. The van der Waals surface area contributed by atoms with Crippen LogP contribution in [-0.2, 0) is 0 Å². The third kappa shape index (κ3) is 1.31. The Balaban J connectivity index is 0.000000722. The van der Waals surface area contributed by atoms with Gasteiger partial charge in [0.15, 0.2) is 0 Å². The molecule has 0 nitrogen and oxygen atoms in total. The highest BCUT2D eigenvalue weighted by Gasteiger charge is 2.48. The lowest BCUT2D eigenvalue weighted by atomic mass is 10.1. The van der Waals surface area contributed by atoms with Gasteiger partial charge in [-0.15, -0.1) is 12.4 Å². The topological polar surface area (TPSA) is 0 Å². The van der Waals surface area contributed by atoms with Gasteiger partial charge in [0.05, 0.1) is 11.1 Å². The van der Waals surface area contributed by atoms with Crippen molar-refractivity contribution < 1.29 is 42.4 Å². The van der Waals surface area contributed by atoms with Crippen LogP contribution in [0.3, 0.4) is 0 Å². The van der Waals surface area contributed by atoms with Crippen molar-refractivity contribution in [3.05, 3.63) is 50.7 Å². The van der Waals surface area contributed by atoms with Gasteiger partial charge in [0.1, 0.15) is 0 Å². The fraction of sp³-hybridized carbons (Fsp3) is 0. The highest BCUT2D eigenvalue weighted by Crippen LogP contribution is 2.24. The van der Waals surface area contributed by atoms with Crippen molar-refractivity contribution in [3.8, 4) is 11.1 Å². The summed E-state index contributed by atoms with van der Waals surface area (Å²) < 4.78 is 6.67. The molecule has 3 heteroatoms. The van der Waals surface area contributed by atoms with Crippen molar-refractivity contribution >= 4 is 12.4 Å². The monoisotopic (exact) mass is 440 g/mol. The van der Waals surface area contributed by atoms with Gasteiger partial charge in [0.2, 0.25) is 14.3 Å². The molecule has 4 rings (SSSR count). The standard InChI is InChI=1S/C12H6I2.ClH/c1-3-7-11-8(4-1)14-10-6-2-5-9(13-7)12(10)11;/h1-6H;1H/q+2;. The molecule has 0 aliphatic carbocycles. The third-order valence-corrected chi connectivity index (χ3v) is 8.50. The molecule has 0 unspecified atom stereocenters. The normalized spacial score (nSPS) is 13.6. The van der Waals surface area contributed by atoms with E-state index in [9.17, 15) is 0 Å². The van der Waals surface area contributed by atoms with Crippen LogP contribution in [0.4, 0.5) is 0 Å². The lowest BCUT2D eigenvalue weighted by Gasteiger charge is -1.84. The van der Waals surface area contributed by atoms with Crippen LogP contribution >= 0.6 is 12.4 Å². The first-order valence-corrected chi connectivity index (χ1v) is 8.81. The van der Waals surface area contributed by atoms with Gasteiger partial charge in [-0.3, -0.25) is 0 Å². The van der Waals surface area contributed by atoms with Crippen LogP contribution in [0, 0.1) is 14.3 Å². The van der Waals surface area contributed by atoms with Crippen LogP contribution in [0.25, 0.3) is 11.1 Å². The smallest absolute Gasteiger partial charge is 0.147 e. The van der Waals surface area contributed by atoms with E-state index in [2.05, 4.69) is 36.4 Å². The zero-order chi connectivity index (χ0) is 9.12. The Bertz CT molecular complexity index is 472. The predicted octanol–water partition coefficient (Wildman–Crippen LogP) is -3.34. The van der Waals surface area contributed by atoms with Crippen molar-refractivity contribution in [2.75, 3.05) is 0 Å². The molecule has 2 heterocycles. The summed E-state index contributed by atoms with van der Waals surface area (Å²) in [6, 6.07) is 13.9. The molecule has 0 N–H and O–H groups in total. The fourth-order valence-corrected chi connectivity index (χ4v) is 9.16. The molecule has 2 aliphatic rings. The van der Waals surface area contributed by atoms with Gasteiger partial charge >= 0.3 is 42.4 Å². The number of hydrogen-bond acceptors (Lipinski definition) is 0. The molecule has 74 valence electrons. The maximum absolute atomic E-state index is 2.34. The summed E-state index contributed by atoms with van der Waals surface area (Å²) in [5.74, 6) is 0. The number of halogens is 3. The maximum atomic E-state index is 2.34. The number of rotatable bonds is 0. The molecule has 2 aromatic carbocycles. The average Bonchev–Trinajstić information content (AvgIpc) is 2.74. The molecule has 0 amide bonds. The minimum atomic E-state index is 0. The van der Waals surface area contributed by atoms with Crippen molar-refractivity contribution in [1.29, 1.82) is 0 Å². The Morgan fingerprint density at radius 3 is 1.27 bits per heavy atom. The second-order valence-corrected chi connectivity index (χ2v) is 9.11. The lowest BCUT2D eigenvalue weighted by Crippen LogP contribution is -3.63. The zero-order valence-corrected chi connectivity index (χ0v) is 12.8. The summed E-state index contributed by atoms with van der Waals surface area (Å²) in [7, 11) is 0. The molecule has 2 aliphatic heterocycles. The lowest BCUT2D eigenvalue weighted by molar-refractivity contribution is -0.608. The zero-order valence-electron chi connectivity index (χ0n) is 7.63. The van der Waals surface area contributed by atoms with Crippen LogP contribution in [0.15, 0.2) is 36.4 Å². The highest BCUT2D eigenvalue weighted by atomic mass is 127. The molecule has 2 aromatic rings. The van der Waals surface area contributed by atoms with Crippen molar-refractivity contribution in [3.63, 3.8) is 0 Å². The Morgan fingerprint density at radius 1 is 0.600 bits per heavy atom. The van der Waals surface area contributed by atoms with Gasteiger partial charge in [0, 0.05) is 0 Å². The van der Waals surface area contributed by atoms with E-state index in [1.54, 1.807) is 25.4 Å². The Kier molecular flexibility index (Phi) is 2.48. The van der Waals surface area contributed by atoms with Gasteiger partial charge in [-0.05, 0) is 24.3 Å². The van der Waals surface area contributed by atoms with Crippen molar-refractivity contribution in [2.24, 2.45) is 0 Å².